The predicted molar refractivity (Wildman–Crippen MR) is 104 cm³/mol. The number of amides is 1. The number of rotatable bonds is 7. The fourth-order valence-electron chi connectivity index (χ4n) is 3.25. The summed E-state index contributed by atoms with van der Waals surface area (Å²) in [7, 11) is 0. The third-order valence-electron chi connectivity index (χ3n) is 4.84. The molecule has 0 bridgehead atoms. The Morgan fingerprint density at radius 1 is 1.00 bits per heavy atom. The predicted octanol–water partition coefficient (Wildman–Crippen LogP) is 3.75. The van der Waals surface area contributed by atoms with Crippen LogP contribution in [-0.4, -0.2) is 34.5 Å². The summed E-state index contributed by atoms with van der Waals surface area (Å²) in [5, 5.41) is 26.4. The molecule has 0 spiro atoms. The number of hydrogen-bond acceptors (Lipinski definition) is 3. The van der Waals surface area contributed by atoms with Crippen molar-refractivity contribution in [3.05, 3.63) is 66.2 Å². The molecule has 140 valence electrons. The van der Waals surface area contributed by atoms with Crippen molar-refractivity contribution in [2.45, 2.75) is 38.8 Å². The highest BCUT2D eigenvalue weighted by Gasteiger charge is 2.49. The number of aliphatic hydroxyl groups is 1. The van der Waals surface area contributed by atoms with Gasteiger partial charge in [0.05, 0.1) is 11.6 Å². The van der Waals surface area contributed by atoms with E-state index in [0.29, 0.717) is 6.42 Å². The summed E-state index contributed by atoms with van der Waals surface area (Å²) in [4.78, 5) is 11.6. The molecule has 2 atom stereocenters. The second-order valence-corrected chi connectivity index (χ2v) is 7.58. The van der Waals surface area contributed by atoms with Crippen LogP contribution in [0, 0.1) is 5.41 Å². The van der Waals surface area contributed by atoms with E-state index in [4.69, 9.17) is 0 Å². The van der Waals surface area contributed by atoms with Crippen molar-refractivity contribution in [1.29, 1.82) is 0 Å². The van der Waals surface area contributed by atoms with E-state index in [1.807, 2.05) is 81.4 Å². The third-order valence-corrected chi connectivity index (χ3v) is 4.84. The lowest BCUT2D eigenvalue weighted by atomic mass is 9.66. The molecule has 5 heteroatoms. The molecule has 26 heavy (non-hydrogen) atoms. The first-order valence-electron chi connectivity index (χ1n) is 8.76. The van der Waals surface area contributed by atoms with Gasteiger partial charge in [-0.1, -0.05) is 69.3 Å². The van der Waals surface area contributed by atoms with E-state index in [2.05, 4.69) is 10.6 Å². The van der Waals surface area contributed by atoms with Gasteiger partial charge in [-0.3, -0.25) is 0 Å². The maximum atomic E-state index is 11.6. The van der Waals surface area contributed by atoms with Crippen LogP contribution in [0.25, 0.3) is 0 Å². The van der Waals surface area contributed by atoms with Crippen LogP contribution in [0.4, 0.5) is 10.5 Å². The molecule has 0 aliphatic heterocycles. The summed E-state index contributed by atoms with van der Waals surface area (Å²) in [6.45, 7) is 6.06. The van der Waals surface area contributed by atoms with Crippen LogP contribution < -0.4 is 10.6 Å². The Hall–Kier alpha value is -2.53. The molecule has 0 aliphatic carbocycles. The van der Waals surface area contributed by atoms with E-state index in [9.17, 15) is 15.0 Å². The first-order valence-corrected chi connectivity index (χ1v) is 8.76. The molecule has 2 aromatic rings. The fourth-order valence-corrected chi connectivity index (χ4v) is 3.25. The molecule has 0 aliphatic rings. The summed E-state index contributed by atoms with van der Waals surface area (Å²) in [6.07, 6.45) is -1.69. The fraction of sp³-hybridized carbons (Fsp3) is 0.381. The second-order valence-electron chi connectivity index (χ2n) is 7.58. The summed E-state index contributed by atoms with van der Waals surface area (Å²) in [5.41, 5.74) is 0.278. The van der Waals surface area contributed by atoms with Gasteiger partial charge in [0, 0.05) is 12.2 Å². The van der Waals surface area contributed by atoms with E-state index >= 15 is 0 Å². The zero-order valence-corrected chi connectivity index (χ0v) is 15.6. The molecular formula is C21H28N2O3. The molecule has 0 saturated heterocycles. The van der Waals surface area contributed by atoms with Crippen molar-refractivity contribution in [3.63, 3.8) is 0 Å². The Bertz CT molecular complexity index is 698. The highest BCUT2D eigenvalue weighted by Crippen LogP contribution is 2.37. The van der Waals surface area contributed by atoms with Crippen molar-refractivity contribution in [2.75, 3.05) is 11.9 Å². The summed E-state index contributed by atoms with van der Waals surface area (Å²) >= 11 is 0. The topological polar surface area (TPSA) is 81.6 Å². The smallest absolute Gasteiger partial charge is 0.405 e. The Morgan fingerprint density at radius 2 is 1.54 bits per heavy atom. The Morgan fingerprint density at radius 3 is 2.04 bits per heavy atom. The van der Waals surface area contributed by atoms with Crippen LogP contribution >= 0.6 is 0 Å². The summed E-state index contributed by atoms with van der Waals surface area (Å²) < 4.78 is 0. The zero-order chi connectivity index (χ0) is 19.2. The highest BCUT2D eigenvalue weighted by atomic mass is 16.4. The van der Waals surface area contributed by atoms with Gasteiger partial charge < -0.3 is 20.8 Å². The first kappa shape index (κ1) is 19.8. The Kier molecular flexibility index (Phi) is 6.27. The van der Waals surface area contributed by atoms with Crippen molar-refractivity contribution in [3.8, 4) is 0 Å². The zero-order valence-electron chi connectivity index (χ0n) is 15.6. The number of hydrogen-bond donors (Lipinski definition) is 4. The highest BCUT2D eigenvalue weighted by molar-refractivity contribution is 5.66. The number of nitrogens with one attached hydrogen (secondary N) is 2. The number of para-hydroxylation sites is 1. The summed E-state index contributed by atoms with van der Waals surface area (Å²) in [6, 6.07) is 19.2. The minimum absolute atomic E-state index is 0.231. The number of benzene rings is 2. The third kappa shape index (κ3) is 4.76. The van der Waals surface area contributed by atoms with Crippen LogP contribution in [-0.2, 0) is 6.42 Å². The first-order chi connectivity index (χ1) is 12.2. The number of aliphatic hydroxyl groups excluding tert-OH is 1. The van der Waals surface area contributed by atoms with Crippen molar-refractivity contribution >= 4 is 11.8 Å². The maximum Gasteiger partial charge on any atom is 0.405 e. The molecule has 0 unspecified atom stereocenters. The van der Waals surface area contributed by atoms with Gasteiger partial charge in [-0.05, 0) is 29.5 Å². The number of carbonyl (C=O) groups is 1. The van der Waals surface area contributed by atoms with Gasteiger partial charge >= 0.3 is 6.09 Å². The van der Waals surface area contributed by atoms with E-state index < -0.39 is 23.2 Å². The molecule has 0 aromatic heterocycles. The monoisotopic (exact) mass is 356 g/mol. The lowest BCUT2D eigenvalue weighted by Crippen LogP contribution is -2.66. The van der Waals surface area contributed by atoms with Gasteiger partial charge in [-0.25, -0.2) is 4.79 Å². The molecule has 0 saturated carbocycles. The molecule has 0 fully saturated rings. The molecular weight excluding hydrogens is 328 g/mol. The minimum atomic E-state index is -1.14. The van der Waals surface area contributed by atoms with Gasteiger partial charge in [0.1, 0.15) is 0 Å². The molecule has 0 radical (unpaired) electrons. The quantitative estimate of drug-likeness (QED) is 0.609. The van der Waals surface area contributed by atoms with Crippen LogP contribution in [0.5, 0.6) is 0 Å². The molecule has 2 aromatic carbocycles. The van der Waals surface area contributed by atoms with Crippen molar-refractivity contribution < 1.29 is 15.0 Å². The summed E-state index contributed by atoms with van der Waals surface area (Å²) in [5.74, 6) is 0. The molecule has 5 nitrogen and oxygen atoms in total. The molecule has 0 heterocycles. The molecule has 1 amide bonds. The lowest BCUT2D eigenvalue weighted by molar-refractivity contribution is -0.00200. The van der Waals surface area contributed by atoms with E-state index in [1.165, 1.54) is 0 Å². The Balaban J connectivity index is 2.31. The van der Waals surface area contributed by atoms with Gasteiger partial charge in [0.15, 0.2) is 0 Å². The van der Waals surface area contributed by atoms with Gasteiger partial charge in [0.25, 0.3) is 0 Å². The SMILES string of the molecule is CC(C)(C)[C@](Cc1ccccc1)(NC(=O)O)[C@H](O)CNc1ccccc1. The van der Waals surface area contributed by atoms with Gasteiger partial charge in [-0.15, -0.1) is 0 Å². The second kappa shape index (κ2) is 8.23. The van der Waals surface area contributed by atoms with Crippen molar-refractivity contribution in [1.82, 2.24) is 5.32 Å². The lowest BCUT2D eigenvalue weighted by Gasteiger charge is -2.48. The maximum absolute atomic E-state index is 11.6. The van der Waals surface area contributed by atoms with Crippen molar-refractivity contribution in [2.24, 2.45) is 5.41 Å². The number of carboxylic acid groups (broad SMARTS) is 1. The molecule has 2 rings (SSSR count). The van der Waals surface area contributed by atoms with Gasteiger partial charge in [-0.2, -0.15) is 0 Å². The van der Waals surface area contributed by atoms with E-state index in [-0.39, 0.29) is 6.54 Å². The van der Waals surface area contributed by atoms with Crippen LogP contribution in [0.2, 0.25) is 0 Å². The van der Waals surface area contributed by atoms with Crippen LogP contribution in [0.3, 0.4) is 0 Å². The largest absolute Gasteiger partial charge is 0.465 e. The van der Waals surface area contributed by atoms with Gasteiger partial charge in [0.2, 0.25) is 0 Å². The Labute approximate surface area is 155 Å². The van der Waals surface area contributed by atoms with Crippen LogP contribution in [0.15, 0.2) is 60.7 Å². The average molecular weight is 356 g/mol. The normalized spacial score (nSPS) is 14.9. The average Bonchev–Trinajstić information content (AvgIpc) is 2.59. The van der Waals surface area contributed by atoms with Crippen LogP contribution in [0.1, 0.15) is 26.3 Å². The number of anilines is 1. The van der Waals surface area contributed by atoms with E-state index in [1.54, 1.807) is 0 Å². The standard InChI is InChI=1S/C21H28N2O3/c1-20(2,3)21(23-19(25)26,14-16-10-6-4-7-11-16)18(24)15-22-17-12-8-5-9-13-17/h4-13,18,22-24H,14-15H2,1-3H3,(H,25,26)/t18-,21-/m1/s1. The minimum Gasteiger partial charge on any atom is -0.465 e. The molecule has 4 N–H and O–H groups in total. The van der Waals surface area contributed by atoms with E-state index in [0.717, 1.165) is 11.3 Å².